The summed E-state index contributed by atoms with van der Waals surface area (Å²) in [6.07, 6.45) is 3.48. The molecule has 2 aliphatic rings. The van der Waals surface area contributed by atoms with Gasteiger partial charge in [-0.1, -0.05) is 18.6 Å². The molecular formula is C21H23N3O4. The molecule has 2 heterocycles. The van der Waals surface area contributed by atoms with Crippen LogP contribution in [0.4, 0.5) is 11.4 Å². The minimum absolute atomic E-state index is 0.106. The number of carbonyl (C=O) groups excluding carboxylic acids is 2. The SMILES string of the molecule is O=C(CN1CCCCC1)Nc1ccccc1C(=O)Nc1ccc2c(c1)OCO2. The lowest BCUT2D eigenvalue weighted by Crippen LogP contribution is -2.37. The molecule has 0 radical (unpaired) electrons. The van der Waals surface area contributed by atoms with Crippen molar-refractivity contribution in [2.24, 2.45) is 0 Å². The number of fused-ring (bicyclic) bond motifs is 1. The molecule has 2 N–H and O–H groups in total. The quantitative estimate of drug-likeness (QED) is 0.832. The van der Waals surface area contributed by atoms with E-state index >= 15 is 0 Å². The van der Waals surface area contributed by atoms with Crippen LogP contribution < -0.4 is 20.1 Å². The zero-order chi connectivity index (χ0) is 19.3. The molecule has 0 spiro atoms. The predicted octanol–water partition coefficient (Wildman–Crippen LogP) is 3.09. The van der Waals surface area contributed by atoms with Crippen LogP contribution in [0, 0.1) is 0 Å². The summed E-state index contributed by atoms with van der Waals surface area (Å²) in [6.45, 7) is 2.41. The molecule has 0 aromatic heterocycles. The van der Waals surface area contributed by atoms with Crippen molar-refractivity contribution in [3.8, 4) is 11.5 Å². The number of nitrogens with one attached hydrogen (secondary N) is 2. The van der Waals surface area contributed by atoms with Gasteiger partial charge in [-0.25, -0.2) is 0 Å². The summed E-state index contributed by atoms with van der Waals surface area (Å²) in [5, 5.41) is 5.73. The number of rotatable bonds is 5. The Kier molecular flexibility index (Phi) is 5.43. The topological polar surface area (TPSA) is 79.9 Å². The zero-order valence-corrected chi connectivity index (χ0v) is 15.6. The first-order chi connectivity index (χ1) is 13.7. The molecule has 146 valence electrons. The van der Waals surface area contributed by atoms with Gasteiger partial charge in [0.2, 0.25) is 12.7 Å². The second-order valence-corrected chi connectivity index (χ2v) is 6.95. The number of amides is 2. The molecule has 7 heteroatoms. The normalized spacial score (nSPS) is 15.9. The molecule has 2 amide bonds. The second kappa shape index (κ2) is 8.31. The summed E-state index contributed by atoms with van der Waals surface area (Å²) in [5.41, 5.74) is 1.51. The predicted molar refractivity (Wildman–Crippen MR) is 106 cm³/mol. The standard InChI is InChI=1S/C21H23N3O4/c25-20(13-24-10-4-1-5-11-24)23-17-7-3-2-6-16(17)21(26)22-15-8-9-18-19(12-15)28-14-27-18/h2-3,6-9,12H,1,4-5,10-11,13-14H2,(H,22,26)(H,23,25). The highest BCUT2D eigenvalue weighted by molar-refractivity contribution is 6.10. The number of benzene rings is 2. The van der Waals surface area contributed by atoms with Crippen molar-refractivity contribution in [2.75, 3.05) is 37.1 Å². The van der Waals surface area contributed by atoms with Crippen LogP contribution in [0.3, 0.4) is 0 Å². The Bertz CT molecular complexity index is 878. The molecule has 0 saturated carbocycles. The first-order valence-electron chi connectivity index (χ1n) is 9.51. The fourth-order valence-corrected chi connectivity index (χ4v) is 3.47. The lowest BCUT2D eigenvalue weighted by molar-refractivity contribution is -0.117. The number of hydrogen-bond donors (Lipinski definition) is 2. The van der Waals surface area contributed by atoms with Crippen LogP contribution in [0.2, 0.25) is 0 Å². The van der Waals surface area contributed by atoms with Crippen LogP contribution in [0.25, 0.3) is 0 Å². The Morgan fingerprint density at radius 1 is 0.929 bits per heavy atom. The van der Waals surface area contributed by atoms with Gasteiger partial charge in [0.25, 0.3) is 5.91 Å². The fraction of sp³-hybridized carbons (Fsp3) is 0.333. The van der Waals surface area contributed by atoms with Crippen LogP contribution in [0.1, 0.15) is 29.6 Å². The molecule has 0 bridgehead atoms. The monoisotopic (exact) mass is 381 g/mol. The van der Waals surface area contributed by atoms with Crippen LogP contribution >= 0.6 is 0 Å². The number of hydrogen-bond acceptors (Lipinski definition) is 5. The number of para-hydroxylation sites is 1. The lowest BCUT2D eigenvalue weighted by Gasteiger charge is -2.25. The molecule has 1 fully saturated rings. The summed E-state index contributed by atoms with van der Waals surface area (Å²) in [6, 6.07) is 12.2. The van der Waals surface area contributed by atoms with Crippen LogP contribution in [0.15, 0.2) is 42.5 Å². The average Bonchev–Trinajstić information content (AvgIpc) is 3.17. The Hall–Kier alpha value is -3.06. The third kappa shape index (κ3) is 4.26. The molecular weight excluding hydrogens is 358 g/mol. The number of likely N-dealkylation sites (tertiary alicyclic amines) is 1. The fourth-order valence-electron chi connectivity index (χ4n) is 3.47. The summed E-state index contributed by atoms with van der Waals surface area (Å²) in [7, 11) is 0. The third-order valence-electron chi connectivity index (χ3n) is 4.89. The van der Waals surface area contributed by atoms with Gasteiger partial charge in [-0.3, -0.25) is 14.5 Å². The van der Waals surface area contributed by atoms with Crippen molar-refractivity contribution in [2.45, 2.75) is 19.3 Å². The highest BCUT2D eigenvalue weighted by Crippen LogP contribution is 2.34. The van der Waals surface area contributed by atoms with E-state index in [1.54, 1.807) is 42.5 Å². The van der Waals surface area contributed by atoms with Gasteiger partial charge in [-0.2, -0.15) is 0 Å². The van der Waals surface area contributed by atoms with E-state index in [9.17, 15) is 9.59 Å². The summed E-state index contributed by atoms with van der Waals surface area (Å²) >= 11 is 0. The molecule has 28 heavy (non-hydrogen) atoms. The number of carbonyl (C=O) groups is 2. The van der Waals surface area contributed by atoms with Crippen molar-refractivity contribution in [1.29, 1.82) is 0 Å². The highest BCUT2D eigenvalue weighted by Gasteiger charge is 2.18. The first kappa shape index (κ1) is 18.3. The minimum Gasteiger partial charge on any atom is -0.454 e. The van der Waals surface area contributed by atoms with Crippen molar-refractivity contribution in [1.82, 2.24) is 4.90 Å². The number of piperidine rings is 1. The maximum atomic E-state index is 12.8. The molecule has 0 atom stereocenters. The van der Waals surface area contributed by atoms with Gasteiger partial charge >= 0.3 is 0 Å². The van der Waals surface area contributed by atoms with E-state index in [0.29, 0.717) is 35.0 Å². The van der Waals surface area contributed by atoms with E-state index < -0.39 is 0 Å². The number of nitrogens with zero attached hydrogens (tertiary/aromatic N) is 1. The van der Waals surface area contributed by atoms with E-state index in [0.717, 1.165) is 25.9 Å². The largest absolute Gasteiger partial charge is 0.454 e. The van der Waals surface area contributed by atoms with E-state index in [1.807, 2.05) is 0 Å². The van der Waals surface area contributed by atoms with Crippen LogP contribution in [-0.4, -0.2) is 43.1 Å². The Morgan fingerprint density at radius 3 is 2.57 bits per heavy atom. The highest BCUT2D eigenvalue weighted by atomic mass is 16.7. The molecule has 0 aliphatic carbocycles. The van der Waals surface area contributed by atoms with Crippen molar-refractivity contribution in [3.63, 3.8) is 0 Å². The minimum atomic E-state index is -0.298. The third-order valence-corrected chi connectivity index (χ3v) is 4.89. The second-order valence-electron chi connectivity index (χ2n) is 6.95. The molecule has 0 unspecified atom stereocenters. The van der Waals surface area contributed by atoms with E-state index in [2.05, 4.69) is 15.5 Å². The number of ether oxygens (including phenoxy) is 2. The number of anilines is 2. The van der Waals surface area contributed by atoms with Gasteiger partial charge in [0.05, 0.1) is 17.8 Å². The summed E-state index contributed by atoms with van der Waals surface area (Å²) in [4.78, 5) is 27.3. The molecule has 7 nitrogen and oxygen atoms in total. The maximum absolute atomic E-state index is 12.8. The van der Waals surface area contributed by atoms with E-state index in [4.69, 9.17) is 9.47 Å². The molecule has 4 rings (SSSR count). The van der Waals surface area contributed by atoms with Gasteiger partial charge in [0, 0.05) is 11.8 Å². The molecule has 1 saturated heterocycles. The maximum Gasteiger partial charge on any atom is 0.257 e. The lowest BCUT2D eigenvalue weighted by atomic mass is 10.1. The van der Waals surface area contributed by atoms with E-state index in [1.165, 1.54) is 6.42 Å². The summed E-state index contributed by atoms with van der Waals surface area (Å²) < 4.78 is 10.6. The summed E-state index contributed by atoms with van der Waals surface area (Å²) in [5.74, 6) is 0.849. The Labute approximate surface area is 163 Å². The van der Waals surface area contributed by atoms with Gasteiger partial charge < -0.3 is 20.1 Å². The Morgan fingerprint density at radius 2 is 1.71 bits per heavy atom. The van der Waals surface area contributed by atoms with Gasteiger partial charge in [-0.05, 0) is 50.2 Å². The first-order valence-corrected chi connectivity index (χ1v) is 9.51. The van der Waals surface area contributed by atoms with Gasteiger partial charge in [0.1, 0.15) is 0 Å². The molecule has 2 aliphatic heterocycles. The molecule has 2 aromatic rings. The van der Waals surface area contributed by atoms with Gasteiger partial charge in [0.15, 0.2) is 11.5 Å². The van der Waals surface area contributed by atoms with Gasteiger partial charge in [-0.15, -0.1) is 0 Å². The van der Waals surface area contributed by atoms with Crippen molar-refractivity contribution in [3.05, 3.63) is 48.0 Å². The van der Waals surface area contributed by atoms with Crippen molar-refractivity contribution < 1.29 is 19.1 Å². The van der Waals surface area contributed by atoms with Crippen molar-refractivity contribution >= 4 is 23.2 Å². The smallest absolute Gasteiger partial charge is 0.257 e. The van der Waals surface area contributed by atoms with Crippen LogP contribution in [-0.2, 0) is 4.79 Å². The van der Waals surface area contributed by atoms with E-state index in [-0.39, 0.29) is 18.6 Å². The zero-order valence-electron chi connectivity index (χ0n) is 15.6. The van der Waals surface area contributed by atoms with Crippen LogP contribution in [0.5, 0.6) is 11.5 Å². The Balaban J connectivity index is 1.43. The average molecular weight is 381 g/mol. The molecule has 2 aromatic carbocycles.